The van der Waals surface area contributed by atoms with Crippen molar-refractivity contribution in [3.63, 3.8) is 0 Å². The Kier molecular flexibility index (Phi) is 6.07. The van der Waals surface area contributed by atoms with Crippen LogP contribution in [-0.2, 0) is 4.74 Å². The van der Waals surface area contributed by atoms with Gasteiger partial charge in [0, 0.05) is 24.8 Å². The van der Waals surface area contributed by atoms with Crippen LogP contribution in [0.4, 0.5) is 21.0 Å². The Balaban J connectivity index is 1.36. The van der Waals surface area contributed by atoms with E-state index in [9.17, 15) is 9.59 Å². The lowest BCUT2D eigenvalue weighted by atomic mass is 10.1. The summed E-state index contributed by atoms with van der Waals surface area (Å²) in [6.07, 6.45) is 2.10. The van der Waals surface area contributed by atoms with E-state index in [2.05, 4.69) is 5.32 Å². The zero-order chi connectivity index (χ0) is 20.9. The number of ether oxygens (including phenoxy) is 2. The number of benzene rings is 2. The summed E-state index contributed by atoms with van der Waals surface area (Å²) in [5, 5.41) is 3.58. The molecule has 0 radical (unpaired) electrons. The number of nitrogens with zero attached hydrogens (tertiary/aromatic N) is 2. The third-order valence-corrected chi connectivity index (χ3v) is 5.57. The van der Waals surface area contributed by atoms with Gasteiger partial charge < -0.3 is 19.7 Å². The molecule has 7 nitrogen and oxygen atoms in total. The van der Waals surface area contributed by atoms with E-state index in [4.69, 9.17) is 9.47 Å². The lowest BCUT2D eigenvalue weighted by Crippen LogP contribution is -2.35. The Bertz CT molecular complexity index is 903. The van der Waals surface area contributed by atoms with Gasteiger partial charge in [-0.25, -0.2) is 9.59 Å². The fourth-order valence-corrected chi connectivity index (χ4v) is 3.92. The van der Waals surface area contributed by atoms with Crippen LogP contribution in [-0.4, -0.2) is 49.4 Å². The summed E-state index contributed by atoms with van der Waals surface area (Å²) in [6.45, 7) is 4.31. The second-order valence-electron chi connectivity index (χ2n) is 7.71. The molecule has 1 atom stereocenters. The minimum Gasteiger partial charge on any atom is -0.447 e. The molecule has 2 aromatic carbocycles. The van der Waals surface area contributed by atoms with E-state index in [0.717, 1.165) is 36.2 Å². The van der Waals surface area contributed by atoms with Crippen molar-refractivity contribution in [1.29, 1.82) is 0 Å². The number of rotatable bonds is 4. The quantitative estimate of drug-likeness (QED) is 0.810. The highest BCUT2D eigenvalue weighted by Crippen LogP contribution is 2.28. The minimum absolute atomic E-state index is 0.251. The summed E-state index contributed by atoms with van der Waals surface area (Å²) in [4.78, 5) is 27.9. The van der Waals surface area contributed by atoms with Crippen molar-refractivity contribution >= 4 is 23.6 Å². The molecule has 2 aliphatic heterocycles. The van der Waals surface area contributed by atoms with Crippen LogP contribution in [0.3, 0.4) is 0 Å². The van der Waals surface area contributed by atoms with Gasteiger partial charge in [-0.1, -0.05) is 24.3 Å². The standard InChI is InChI=1S/C23H27N3O4/c1-17-9-10-19(16-21(17)26-14-15-29-23(26)28)24-18-6-5-12-25(13-11-18)22(27)30-20-7-3-2-4-8-20/h2-4,7-10,16,18,24H,5-6,11-15H2,1H3/t18-/m0/s1. The molecule has 0 bridgehead atoms. The van der Waals surface area contributed by atoms with E-state index in [-0.39, 0.29) is 18.2 Å². The Morgan fingerprint density at radius 3 is 2.70 bits per heavy atom. The molecule has 4 rings (SSSR count). The summed E-state index contributed by atoms with van der Waals surface area (Å²) < 4.78 is 10.6. The number of hydrogen-bond donors (Lipinski definition) is 1. The Labute approximate surface area is 176 Å². The van der Waals surface area contributed by atoms with E-state index in [0.29, 0.717) is 32.0 Å². The van der Waals surface area contributed by atoms with E-state index in [1.807, 2.05) is 43.3 Å². The van der Waals surface area contributed by atoms with Gasteiger partial charge in [-0.05, 0) is 56.0 Å². The van der Waals surface area contributed by atoms with Gasteiger partial charge in [0.25, 0.3) is 0 Å². The smallest absolute Gasteiger partial charge is 0.415 e. The first kappa shape index (κ1) is 20.1. The second kappa shape index (κ2) is 9.07. The third kappa shape index (κ3) is 4.67. The first-order valence-electron chi connectivity index (χ1n) is 10.4. The number of aryl methyl sites for hydroxylation is 1. The molecular weight excluding hydrogens is 382 g/mol. The van der Waals surface area contributed by atoms with E-state index in [1.54, 1.807) is 21.9 Å². The maximum absolute atomic E-state index is 12.5. The van der Waals surface area contributed by atoms with Crippen molar-refractivity contribution in [3.8, 4) is 5.75 Å². The number of amides is 2. The van der Waals surface area contributed by atoms with Crippen molar-refractivity contribution in [3.05, 3.63) is 54.1 Å². The molecule has 0 aromatic heterocycles. The summed E-state index contributed by atoms with van der Waals surface area (Å²) in [6, 6.07) is 15.5. The van der Waals surface area contributed by atoms with Gasteiger partial charge in [0.1, 0.15) is 12.4 Å². The lowest BCUT2D eigenvalue weighted by Gasteiger charge is -2.22. The number of nitrogens with one attached hydrogen (secondary N) is 1. The van der Waals surface area contributed by atoms with Gasteiger partial charge in [0.05, 0.1) is 12.2 Å². The van der Waals surface area contributed by atoms with Crippen molar-refractivity contribution in [2.45, 2.75) is 32.2 Å². The second-order valence-corrected chi connectivity index (χ2v) is 7.71. The number of carbonyl (C=O) groups is 2. The van der Waals surface area contributed by atoms with Crippen LogP contribution in [0.5, 0.6) is 5.75 Å². The molecule has 2 fully saturated rings. The van der Waals surface area contributed by atoms with E-state index in [1.165, 1.54) is 0 Å². The molecule has 2 aliphatic rings. The molecule has 2 heterocycles. The Hall–Kier alpha value is -3.22. The highest BCUT2D eigenvalue weighted by atomic mass is 16.6. The maximum atomic E-state index is 12.5. The van der Waals surface area contributed by atoms with Crippen LogP contribution >= 0.6 is 0 Å². The minimum atomic E-state index is -0.299. The monoisotopic (exact) mass is 409 g/mol. The SMILES string of the molecule is Cc1ccc(N[C@H]2CCCN(C(=O)Oc3ccccc3)CC2)cc1N1CCOC1=O. The lowest BCUT2D eigenvalue weighted by molar-refractivity contribution is 0.154. The molecule has 0 aliphatic carbocycles. The van der Waals surface area contributed by atoms with Gasteiger partial charge in [-0.2, -0.15) is 0 Å². The highest BCUT2D eigenvalue weighted by Gasteiger charge is 2.26. The number of likely N-dealkylation sites (tertiary alicyclic amines) is 1. The van der Waals surface area contributed by atoms with Gasteiger partial charge in [-0.15, -0.1) is 0 Å². The molecule has 0 saturated carbocycles. The van der Waals surface area contributed by atoms with Crippen LogP contribution in [0.25, 0.3) is 0 Å². The molecule has 158 valence electrons. The Morgan fingerprint density at radius 2 is 1.93 bits per heavy atom. The van der Waals surface area contributed by atoms with Crippen LogP contribution < -0.4 is 15.0 Å². The number of para-hydroxylation sites is 1. The maximum Gasteiger partial charge on any atom is 0.415 e. The molecule has 1 N–H and O–H groups in total. The fraction of sp³-hybridized carbons (Fsp3) is 0.391. The van der Waals surface area contributed by atoms with Gasteiger partial charge in [0.2, 0.25) is 0 Å². The molecule has 2 aromatic rings. The zero-order valence-corrected chi connectivity index (χ0v) is 17.2. The highest BCUT2D eigenvalue weighted by molar-refractivity contribution is 5.91. The summed E-state index contributed by atoms with van der Waals surface area (Å²) in [7, 11) is 0. The predicted octanol–water partition coefficient (Wildman–Crippen LogP) is 4.42. The fourth-order valence-electron chi connectivity index (χ4n) is 3.92. The van der Waals surface area contributed by atoms with Crippen LogP contribution in [0.15, 0.2) is 48.5 Å². The first-order chi connectivity index (χ1) is 14.6. The molecule has 0 unspecified atom stereocenters. The molecule has 0 spiro atoms. The van der Waals surface area contributed by atoms with Gasteiger partial charge in [0.15, 0.2) is 0 Å². The number of hydrogen-bond acceptors (Lipinski definition) is 5. The van der Waals surface area contributed by atoms with Crippen LogP contribution in [0.1, 0.15) is 24.8 Å². The molecule has 2 saturated heterocycles. The number of carbonyl (C=O) groups excluding carboxylic acids is 2. The molecule has 2 amide bonds. The third-order valence-electron chi connectivity index (χ3n) is 5.57. The van der Waals surface area contributed by atoms with Gasteiger partial charge in [-0.3, -0.25) is 4.90 Å². The van der Waals surface area contributed by atoms with Crippen LogP contribution in [0.2, 0.25) is 0 Å². The van der Waals surface area contributed by atoms with Crippen molar-refractivity contribution in [2.24, 2.45) is 0 Å². The normalized spacial score (nSPS) is 19.2. The average Bonchev–Trinajstić information content (AvgIpc) is 3.03. The zero-order valence-electron chi connectivity index (χ0n) is 17.2. The first-order valence-corrected chi connectivity index (χ1v) is 10.4. The summed E-state index contributed by atoms with van der Waals surface area (Å²) in [5.41, 5.74) is 2.89. The topological polar surface area (TPSA) is 71.1 Å². The van der Waals surface area contributed by atoms with Crippen molar-refractivity contribution in [2.75, 3.05) is 36.5 Å². The molecule has 7 heteroatoms. The van der Waals surface area contributed by atoms with Gasteiger partial charge >= 0.3 is 12.2 Å². The van der Waals surface area contributed by atoms with E-state index < -0.39 is 0 Å². The summed E-state index contributed by atoms with van der Waals surface area (Å²) in [5.74, 6) is 0.564. The van der Waals surface area contributed by atoms with E-state index >= 15 is 0 Å². The molecular formula is C23H27N3O4. The number of anilines is 2. The van der Waals surface area contributed by atoms with Crippen molar-refractivity contribution < 1.29 is 19.1 Å². The van der Waals surface area contributed by atoms with Crippen molar-refractivity contribution in [1.82, 2.24) is 4.90 Å². The summed E-state index contributed by atoms with van der Waals surface area (Å²) >= 11 is 0. The predicted molar refractivity (Wildman–Crippen MR) is 115 cm³/mol. The average molecular weight is 409 g/mol. The Morgan fingerprint density at radius 1 is 1.10 bits per heavy atom. The number of cyclic esters (lactones) is 1. The molecule has 30 heavy (non-hydrogen) atoms. The largest absolute Gasteiger partial charge is 0.447 e. The van der Waals surface area contributed by atoms with Crippen LogP contribution in [0, 0.1) is 6.92 Å².